The zero-order valence-corrected chi connectivity index (χ0v) is 22.5. The summed E-state index contributed by atoms with van der Waals surface area (Å²) in [6, 6.07) is 19.8. The Labute approximate surface area is 210 Å². The first-order valence-electron chi connectivity index (χ1n) is 12.4. The van der Waals surface area contributed by atoms with Crippen molar-refractivity contribution in [3.63, 3.8) is 0 Å². The van der Waals surface area contributed by atoms with E-state index >= 15 is 0 Å². The summed E-state index contributed by atoms with van der Waals surface area (Å²) in [6.45, 7) is 0. The number of para-hydroxylation sites is 1. The minimum absolute atomic E-state index is 0.0305. The van der Waals surface area contributed by atoms with Crippen LogP contribution in [0.5, 0.6) is 0 Å². The Balaban J connectivity index is 0.00000105. The van der Waals surface area contributed by atoms with Crippen molar-refractivity contribution in [3.05, 3.63) is 48.5 Å². The molecule has 5 unspecified atom stereocenters. The zero-order chi connectivity index (χ0) is 22.2. The van der Waals surface area contributed by atoms with Crippen molar-refractivity contribution in [2.45, 2.75) is 62.7 Å². The number of hydrogen-bond donors (Lipinski definition) is 0. The molecule has 4 heteroatoms. The maximum absolute atomic E-state index is 4.49. The van der Waals surface area contributed by atoms with Crippen molar-refractivity contribution in [2.24, 2.45) is 23.7 Å². The van der Waals surface area contributed by atoms with E-state index in [1.807, 2.05) is 0 Å². The van der Waals surface area contributed by atoms with Gasteiger partial charge in [-0.2, -0.15) is 0 Å². The second-order valence-electron chi connectivity index (χ2n) is 10.8. The van der Waals surface area contributed by atoms with E-state index in [1.54, 1.807) is 18.1 Å². The van der Waals surface area contributed by atoms with Crippen molar-refractivity contribution in [1.29, 1.82) is 0 Å². The Morgan fingerprint density at radius 1 is 0.844 bits per heavy atom. The van der Waals surface area contributed by atoms with Crippen LogP contribution in [0.3, 0.4) is 0 Å². The molecular formula is C28H35ClNPPd. The normalized spacial score (nSPS) is 33.2. The molecule has 0 aromatic heterocycles. The number of rotatable bonds is 5. The monoisotopic (exact) mass is 557 g/mol. The van der Waals surface area contributed by atoms with E-state index < -0.39 is 0 Å². The van der Waals surface area contributed by atoms with E-state index in [-0.39, 0.29) is 7.92 Å². The van der Waals surface area contributed by atoms with Gasteiger partial charge in [-0.25, -0.2) is 0 Å². The van der Waals surface area contributed by atoms with Crippen molar-refractivity contribution in [1.82, 2.24) is 0 Å². The topological polar surface area (TPSA) is 3.24 Å². The summed E-state index contributed by atoms with van der Waals surface area (Å²) >= 11 is 2.22. The number of nitrogens with zero attached hydrogens (tertiary/aromatic N) is 1. The second-order valence-corrected chi connectivity index (χ2v) is 13.4. The zero-order valence-electron chi connectivity index (χ0n) is 19.3. The van der Waals surface area contributed by atoms with E-state index in [2.05, 4.69) is 95.2 Å². The summed E-state index contributed by atoms with van der Waals surface area (Å²) < 4.78 is 0. The first-order valence-corrected chi connectivity index (χ1v) is 15.8. The molecule has 0 heterocycles. The van der Waals surface area contributed by atoms with Crippen molar-refractivity contribution in [2.75, 3.05) is 19.0 Å². The van der Waals surface area contributed by atoms with Crippen LogP contribution in [0, 0.1) is 29.7 Å². The number of fused-ring (bicyclic) bond motifs is 4. The van der Waals surface area contributed by atoms with Gasteiger partial charge in [0.15, 0.2) is 0 Å². The Kier molecular flexibility index (Phi) is 7.36. The van der Waals surface area contributed by atoms with Gasteiger partial charge in [-0.05, 0) is 79.6 Å². The van der Waals surface area contributed by atoms with Crippen molar-refractivity contribution in [3.8, 4) is 11.1 Å². The van der Waals surface area contributed by atoms with E-state index in [0.717, 1.165) is 35.0 Å². The Morgan fingerprint density at radius 2 is 1.47 bits per heavy atom. The van der Waals surface area contributed by atoms with Crippen molar-refractivity contribution >= 4 is 28.4 Å². The van der Waals surface area contributed by atoms with Crippen LogP contribution < -0.4 is 10.2 Å². The first-order chi connectivity index (χ1) is 15.7. The molecule has 6 rings (SSSR count). The fraction of sp³-hybridized carbons (Fsp3) is 0.571. The average molecular weight is 558 g/mol. The molecule has 0 spiro atoms. The third-order valence-corrected chi connectivity index (χ3v) is 12.5. The SMILES string of the molecule is CN(C)c1ccccc1-c1[c-]cc(P(C2CC3CCC2C3)C2C[C@@H]3CC[C@H]2C3)cc1.[Cl][Pd+]. The number of benzene rings is 2. The molecule has 32 heavy (non-hydrogen) atoms. The van der Waals surface area contributed by atoms with Gasteiger partial charge in [0.25, 0.3) is 0 Å². The van der Waals surface area contributed by atoms with E-state index in [0.29, 0.717) is 0 Å². The van der Waals surface area contributed by atoms with Crippen molar-refractivity contribution < 1.29 is 18.2 Å². The fourth-order valence-electron chi connectivity index (χ4n) is 7.57. The average Bonchev–Trinajstić information content (AvgIpc) is 3.64. The second kappa shape index (κ2) is 10.1. The molecule has 0 radical (unpaired) electrons. The van der Waals surface area contributed by atoms with Gasteiger partial charge in [0, 0.05) is 19.8 Å². The van der Waals surface area contributed by atoms with E-state index in [1.165, 1.54) is 55.3 Å². The molecule has 2 aromatic rings. The number of hydrogen-bond acceptors (Lipinski definition) is 1. The van der Waals surface area contributed by atoms with Crippen LogP contribution in [0.2, 0.25) is 0 Å². The molecule has 0 N–H and O–H groups in total. The maximum atomic E-state index is 4.49. The predicted octanol–water partition coefficient (Wildman–Crippen LogP) is 7.39. The van der Waals surface area contributed by atoms with Crippen LogP contribution in [0.4, 0.5) is 5.69 Å². The van der Waals surface area contributed by atoms with Gasteiger partial charge in [-0.3, -0.25) is 0 Å². The molecule has 1 nitrogen and oxygen atoms in total. The molecule has 0 aliphatic heterocycles. The summed E-state index contributed by atoms with van der Waals surface area (Å²) in [5.41, 5.74) is 5.86. The molecule has 4 fully saturated rings. The first kappa shape index (κ1) is 23.4. The summed E-state index contributed by atoms with van der Waals surface area (Å²) in [4.78, 5) is 2.22. The van der Waals surface area contributed by atoms with E-state index in [9.17, 15) is 0 Å². The molecule has 4 saturated carbocycles. The van der Waals surface area contributed by atoms with Gasteiger partial charge in [0.2, 0.25) is 0 Å². The molecule has 4 aliphatic carbocycles. The van der Waals surface area contributed by atoms with Gasteiger partial charge in [-0.1, -0.05) is 36.6 Å². The molecule has 4 bridgehead atoms. The van der Waals surface area contributed by atoms with Gasteiger partial charge in [0.05, 0.1) is 0 Å². The molecule has 174 valence electrons. The van der Waals surface area contributed by atoms with Gasteiger partial charge < -0.3 is 4.90 Å². The number of anilines is 1. The quantitative estimate of drug-likeness (QED) is 0.210. The standard InChI is InChI=1S/C28H35NP.ClH.Pd/c1-29(2)26-6-4-3-5-25(26)21-11-13-24(14-12-21)30(27-17-19-7-9-22(27)15-19)28-18-20-8-10-23(28)16-20;;/h3-6,11,13-14,19-20,22-23,27-28H,7-10,15-18H2,1-2H3;1H;/q-1;;+2/p-1/t19-,20?,22+,23?,27?,28?,30?;;/m1../s1. The molecule has 0 saturated heterocycles. The molecule has 2 aromatic carbocycles. The fourth-order valence-corrected chi connectivity index (χ4v) is 11.8. The van der Waals surface area contributed by atoms with Gasteiger partial charge in [0.1, 0.15) is 0 Å². The molecule has 7 atom stereocenters. The summed E-state index contributed by atoms with van der Waals surface area (Å²) in [7, 11) is 8.73. The van der Waals surface area contributed by atoms with Gasteiger partial charge in [-0.15, -0.1) is 43.1 Å². The number of halogens is 1. The van der Waals surface area contributed by atoms with Crippen LogP contribution in [0.25, 0.3) is 11.1 Å². The molecule has 4 aliphatic rings. The van der Waals surface area contributed by atoms with Crippen LogP contribution in [-0.4, -0.2) is 25.4 Å². The van der Waals surface area contributed by atoms with Crippen LogP contribution in [0.1, 0.15) is 51.4 Å². The van der Waals surface area contributed by atoms with Crippen LogP contribution in [0.15, 0.2) is 42.5 Å². The Bertz CT molecular complexity index is 888. The van der Waals surface area contributed by atoms with Crippen LogP contribution in [-0.2, 0) is 18.2 Å². The minimum atomic E-state index is -0.0305. The Hall–Kier alpha value is -0.378. The Morgan fingerprint density at radius 3 is 1.94 bits per heavy atom. The van der Waals surface area contributed by atoms with E-state index in [4.69, 9.17) is 0 Å². The third-order valence-electron chi connectivity index (χ3n) is 8.89. The third kappa shape index (κ3) is 4.36. The summed E-state index contributed by atoms with van der Waals surface area (Å²) in [6.07, 6.45) is 12.2. The van der Waals surface area contributed by atoms with Crippen LogP contribution >= 0.6 is 17.5 Å². The predicted molar refractivity (Wildman–Crippen MR) is 136 cm³/mol. The molecular weight excluding hydrogens is 523 g/mol. The summed E-state index contributed by atoms with van der Waals surface area (Å²) in [5, 5.41) is 1.67. The molecule has 0 amide bonds. The summed E-state index contributed by atoms with van der Waals surface area (Å²) in [5.74, 6) is 4.18. The van der Waals surface area contributed by atoms with Gasteiger partial charge >= 0.3 is 27.7 Å².